The maximum absolute atomic E-state index is 9.72. The van der Waals surface area contributed by atoms with Crippen LogP contribution >= 0.6 is 0 Å². The van der Waals surface area contributed by atoms with E-state index >= 15 is 0 Å². The van der Waals surface area contributed by atoms with Crippen molar-refractivity contribution in [1.82, 2.24) is 0 Å². The Morgan fingerprint density at radius 2 is 0.685 bits per heavy atom. The summed E-state index contributed by atoms with van der Waals surface area (Å²) in [5.74, 6) is 0. The van der Waals surface area contributed by atoms with Crippen LogP contribution in [0.25, 0.3) is 109 Å². The number of rotatable bonds is 4. The molecule has 0 fully saturated rings. The lowest BCUT2D eigenvalue weighted by Gasteiger charge is -2.21. The second kappa shape index (κ2) is 12.3. The summed E-state index contributed by atoms with van der Waals surface area (Å²) in [5, 5.41) is 8.60. The molecule has 11 aromatic carbocycles. The van der Waals surface area contributed by atoms with Gasteiger partial charge in [-0.3, -0.25) is 0 Å². The molecule has 0 unspecified atom stereocenters. The topological polar surface area (TPSA) is 0 Å². The van der Waals surface area contributed by atoms with E-state index in [9.17, 15) is 5.48 Å². The van der Waals surface area contributed by atoms with Crippen LogP contribution in [0.1, 0.15) is 11.0 Å². The van der Waals surface area contributed by atoms with Gasteiger partial charge in [0.15, 0.2) is 0 Å². The van der Waals surface area contributed by atoms with Crippen LogP contribution in [0, 0.1) is 0 Å². The molecule has 11 aromatic rings. The van der Waals surface area contributed by atoms with Crippen LogP contribution in [0.4, 0.5) is 0 Å². The molecule has 0 radical (unpaired) electrons. The van der Waals surface area contributed by atoms with Crippen LogP contribution in [0.2, 0.25) is 0 Å². The summed E-state index contributed by atoms with van der Waals surface area (Å²) in [6.45, 7) is 0. The predicted octanol–water partition coefficient (Wildman–Crippen LogP) is 15.3. The van der Waals surface area contributed by atoms with Gasteiger partial charge >= 0.3 is 0 Å². The van der Waals surface area contributed by atoms with Crippen molar-refractivity contribution in [3.63, 3.8) is 0 Å². The number of fused-ring (bicyclic) bond motifs is 10. The Morgan fingerprint density at radius 1 is 0.259 bits per heavy atom. The average Bonchev–Trinajstić information content (AvgIpc) is 3.33. The Bertz CT molecular complexity index is 3630. The van der Waals surface area contributed by atoms with Crippen molar-refractivity contribution < 1.29 is 11.0 Å². The van der Waals surface area contributed by atoms with Crippen molar-refractivity contribution in [1.29, 1.82) is 0 Å². The fourth-order valence-corrected chi connectivity index (χ4v) is 8.58. The number of benzene rings is 11. The predicted molar refractivity (Wildman–Crippen MR) is 233 cm³/mol. The zero-order valence-electron chi connectivity index (χ0n) is 37.0. The van der Waals surface area contributed by atoms with Gasteiger partial charge in [-0.25, -0.2) is 0 Å². The monoisotopic (exact) mass is 690 g/mol. The van der Waals surface area contributed by atoms with Gasteiger partial charge in [-0.15, -0.1) is 0 Å². The van der Waals surface area contributed by atoms with Crippen LogP contribution in [-0.4, -0.2) is 0 Å². The molecule has 0 aliphatic rings. The van der Waals surface area contributed by atoms with Gasteiger partial charge in [0.05, 0.1) is 11.0 Å². The molecular formula is C54H34. The molecule has 0 atom stereocenters. The largest absolute Gasteiger partial charge is 0.0629 e. The zero-order valence-corrected chi connectivity index (χ0v) is 29.0. The average molecular weight is 691 g/mol. The summed E-state index contributed by atoms with van der Waals surface area (Å²) in [6, 6.07) is 49.4. The van der Waals surface area contributed by atoms with Gasteiger partial charge in [0.2, 0.25) is 0 Å². The molecule has 0 amide bonds. The summed E-state index contributed by atoms with van der Waals surface area (Å²) in [7, 11) is 0. The zero-order chi connectivity index (χ0) is 42.6. The molecule has 0 aliphatic carbocycles. The van der Waals surface area contributed by atoms with E-state index in [4.69, 9.17) is 5.48 Å². The summed E-state index contributed by atoms with van der Waals surface area (Å²) < 4.78 is 75.1. The quantitative estimate of drug-likeness (QED) is 0.127. The first-order valence-corrected chi connectivity index (χ1v) is 18.1. The molecule has 11 rings (SSSR count). The summed E-state index contributed by atoms with van der Waals surface area (Å²) in [5.41, 5.74) is 5.52. The van der Waals surface area contributed by atoms with Gasteiger partial charge in [-0.05, 0) is 121 Å². The highest BCUT2D eigenvalue weighted by Gasteiger charge is 2.21. The molecule has 0 aliphatic heterocycles. The normalized spacial score (nSPS) is 13.8. The fourth-order valence-electron chi connectivity index (χ4n) is 8.58. The van der Waals surface area contributed by atoms with E-state index in [1.54, 1.807) is 0 Å². The summed E-state index contributed by atoms with van der Waals surface area (Å²) in [6.07, 6.45) is 0. The molecule has 0 spiro atoms. The van der Waals surface area contributed by atoms with Crippen molar-refractivity contribution in [2.24, 2.45) is 0 Å². The minimum absolute atomic E-state index is 0.183. The van der Waals surface area contributed by atoms with E-state index in [2.05, 4.69) is 36.4 Å². The first-order valence-electron chi connectivity index (χ1n) is 22.1. The molecule has 0 saturated carbocycles. The van der Waals surface area contributed by atoms with Crippen molar-refractivity contribution >= 4 is 64.6 Å². The van der Waals surface area contributed by atoms with Crippen LogP contribution < -0.4 is 0 Å². The lowest BCUT2D eigenvalue weighted by Crippen LogP contribution is -1.94. The first-order chi connectivity index (χ1) is 30.2. The number of hydrogen-bond acceptors (Lipinski definition) is 0. The Labute approximate surface area is 325 Å². The van der Waals surface area contributed by atoms with E-state index in [1.165, 1.54) is 0 Å². The van der Waals surface area contributed by atoms with Crippen molar-refractivity contribution in [2.75, 3.05) is 0 Å². The molecule has 0 heterocycles. The van der Waals surface area contributed by atoms with Gasteiger partial charge in [-0.2, -0.15) is 0 Å². The van der Waals surface area contributed by atoms with E-state index in [0.717, 1.165) is 65.3 Å². The number of hydrogen-bond donors (Lipinski definition) is 0. The van der Waals surface area contributed by atoms with Crippen LogP contribution in [0.15, 0.2) is 206 Å². The van der Waals surface area contributed by atoms with Gasteiger partial charge < -0.3 is 0 Å². The Balaban J connectivity index is 1.39. The van der Waals surface area contributed by atoms with Crippen molar-refractivity contribution in [3.05, 3.63) is 206 Å². The standard InChI is InChI=1S/C54H34/c1-3-17-35(18-4-1)38-32-31-37(33-49(38)36-19-5-2-6-20-36)52-45-27-13-15-29-47(45)54(48-30-16-14-28-46(48)52)51-34-50-41-23-8-7-21-39(41)40-22-9-11-25-43(40)53(50)44-26-12-10-24-42(44)51/h1-34H/i13D,14D,15D,16D,27D,28D,29D,30D. The molecule has 0 saturated heterocycles. The van der Waals surface area contributed by atoms with E-state index in [0.29, 0.717) is 22.3 Å². The van der Waals surface area contributed by atoms with E-state index < -0.39 is 24.2 Å². The highest BCUT2D eigenvalue weighted by atomic mass is 14.2. The fraction of sp³-hybridized carbons (Fsp3) is 0. The molecule has 0 aromatic heterocycles. The lowest BCUT2D eigenvalue weighted by atomic mass is 9.82. The lowest BCUT2D eigenvalue weighted by molar-refractivity contribution is 1.58. The third-order valence-corrected chi connectivity index (χ3v) is 10.9. The molecule has 0 N–H and O–H groups in total. The van der Waals surface area contributed by atoms with E-state index in [1.807, 2.05) is 121 Å². The molecule has 0 bridgehead atoms. The summed E-state index contributed by atoms with van der Waals surface area (Å²) >= 11 is 0. The second-order valence-corrected chi connectivity index (χ2v) is 13.7. The summed E-state index contributed by atoms with van der Waals surface area (Å²) in [4.78, 5) is 0. The highest BCUT2D eigenvalue weighted by Crippen LogP contribution is 2.49. The molecule has 0 nitrogen and oxygen atoms in total. The first kappa shape index (κ1) is 23.5. The Kier molecular flexibility index (Phi) is 5.36. The van der Waals surface area contributed by atoms with Gasteiger partial charge in [0.25, 0.3) is 0 Å². The molecule has 54 heavy (non-hydrogen) atoms. The molecule has 250 valence electrons. The highest BCUT2D eigenvalue weighted by molar-refractivity contribution is 6.34. The molecular weight excluding hydrogens is 649 g/mol. The third-order valence-electron chi connectivity index (χ3n) is 10.9. The van der Waals surface area contributed by atoms with Gasteiger partial charge in [-0.1, -0.05) is 194 Å². The van der Waals surface area contributed by atoms with E-state index in [-0.39, 0.29) is 45.7 Å². The minimum atomic E-state index is -0.431. The minimum Gasteiger partial charge on any atom is -0.0622 e. The smallest absolute Gasteiger partial charge is 0.0622 e. The van der Waals surface area contributed by atoms with Crippen molar-refractivity contribution in [2.45, 2.75) is 0 Å². The SMILES string of the molecule is [2H]c1c([2H])c([2H])c2c(-c3cc4c5ccccc5c5ccccc5c4c4ccccc34)c3c([2H])c([2H])c([2H])c([2H])c3c(-c3ccc(-c4ccccc4)c(-c4ccccc4)c3)c2c1[2H]. The maximum atomic E-state index is 9.72. The maximum Gasteiger partial charge on any atom is 0.0629 e. The van der Waals surface area contributed by atoms with Crippen molar-refractivity contribution in [3.8, 4) is 44.5 Å². The van der Waals surface area contributed by atoms with Crippen LogP contribution in [-0.2, 0) is 0 Å². The second-order valence-electron chi connectivity index (χ2n) is 13.7. The Hall–Kier alpha value is -7.02. The third kappa shape index (κ3) is 4.64. The van der Waals surface area contributed by atoms with Crippen LogP contribution in [0.5, 0.6) is 0 Å². The van der Waals surface area contributed by atoms with Gasteiger partial charge in [0, 0.05) is 0 Å². The molecule has 0 heteroatoms. The van der Waals surface area contributed by atoms with Crippen LogP contribution in [0.3, 0.4) is 0 Å². The van der Waals surface area contributed by atoms with Gasteiger partial charge in [0.1, 0.15) is 0 Å². The Morgan fingerprint density at radius 3 is 1.26 bits per heavy atom.